The Bertz CT molecular complexity index is 2120. The van der Waals surface area contributed by atoms with E-state index in [1.807, 2.05) is 47.4 Å². The highest BCUT2D eigenvalue weighted by Crippen LogP contribution is 2.43. The zero-order valence-corrected chi connectivity index (χ0v) is 29.7. The quantitative estimate of drug-likeness (QED) is 0.174. The summed E-state index contributed by atoms with van der Waals surface area (Å²) in [6.07, 6.45) is 4.82. The lowest BCUT2D eigenvalue weighted by molar-refractivity contribution is -0.000510. The number of aromatic nitrogens is 1. The van der Waals surface area contributed by atoms with Gasteiger partial charge in [0.1, 0.15) is 5.82 Å². The summed E-state index contributed by atoms with van der Waals surface area (Å²) in [6, 6.07) is 26.8. The number of para-hydroxylation sites is 1. The lowest BCUT2D eigenvalue weighted by Crippen LogP contribution is -2.59. The monoisotopic (exact) mass is 696 g/mol. The Hall–Kier alpha value is -5.12. The number of rotatable bonds is 7. The van der Waals surface area contributed by atoms with Crippen LogP contribution in [0.4, 0.5) is 17.2 Å². The second-order valence-electron chi connectivity index (χ2n) is 14.0. The predicted octanol–water partition coefficient (Wildman–Crippen LogP) is 7.92. The van der Waals surface area contributed by atoms with E-state index in [1.165, 1.54) is 11.3 Å². The molecule has 2 fully saturated rings. The Balaban J connectivity index is 0.968. The smallest absolute Gasteiger partial charge is 0.259 e. The van der Waals surface area contributed by atoms with E-state index in [-0.39, 0.29) is 23.0 Å². The number of benzene rings is 3. The van der Waals surface area contributed by atoms with Gasteiger partial charge in [-0.05, 0) is 104 Å². The van der Waals surface area contributed by atoms with Gasteiger partial charge in [-0.3, -0.25) is 14.4 Å². The Morgan fingerprint density at radius 3 is 2.41 bits per heavy atom. The van der Waals surface area contributed by atoms with Crippen LogP contribution in [0.25, 0.3) is 10.4 Å². The Morgan fingerprint density at radius 1 is 0.902 bits per heavy atom. The highest BCUT2D eigenvalue weighted by molar-refractivity contribution is 7.17. The first kappa shape index (κ1) is 33.0. The molecule has 5 aromatic rings. The van der Waals surface area contributed by atoms with Gasteiger partial charge in [-0.2, -0.15) is 0 Å². The summed E-state index contributed by atoms with van der Waals surface area (Å²) < 4.78 is 5.56. The minimum atomic E-state index is -0.232. The lowest BCUT2D eigenvalue weighted by Gasteiger charge is -2.53. The van der Waals surface area contributed by atoms with Crippen LogP contribution in [0, 0.1) is 19.3 Å². The van der Waals surface area contributed by atoms with Crippen LogP contribution in [-0.4, -0.2) is 55.4 Å². The number of pyridine rings is 1. The maximum Gasteiger partial charge on any atom is 0.259 e. The molecule has 0 radical (unpaired) electrons. The zero-order chi connectivity index (χ0) is 35.1. The van der Waals surface area contributed by atoms with Crippen molar-refractivity contribution in [1.82, 2.24) is 4.98 Å². The molecule has 0 atom stereocenters. The molecule has 1 N–H and O–H groups in total. The third-order valence-corrected chi connectivity index (χ3v) is 11.9. The molecule has 51 heavy (non-hydrogen) atoms. The van der Waals surface area contributed by atoms with Crippen LogP contribution >= 0.6 is 11.3 Å². The Kier molecular flexibility index (Phi) is 8.78. The summed E-state index contributed by atoms with van der Waals surface area (Å²) in [7, 11) is 0. The van der Waals surface area contributed by atoms with Crippen LogP contribution < -0.4 is 15.1 Å². The molecule has 0 saturated carbocycles. The first-order valence-corrected chi connectivity index (χ1v) is 18.4. The third-order valence-electron chi connectivity index (χ3n) is 10.7. The number of Topliss-reactive ketones (excluding diaryl/α,β-unsaturated/α-hetero) is 1. The molecule has 3 aliphatic rings. The molecule has 8 rings (SSSR count). The molecule has 3 aliphatic heterocycles. The van der Waals surface area contributed by atoms with E-state index >= 15 is 0 Å². The minimum Gasteiger partial charge on any atom is -0.381 e. The van der Waals surface area contributed by atoms with Crippen molar-refractivity contribution in [3.05, 3.63) is 129 Å². The fraction of sp³-hybridized carbons (Fsp3) is 0.286. The number of nitrogens with zero attached hydrogens (tertiary/aromatic N) is 3. The van der Waals surface area contributed by atoms with Crippen LogP contribution in [0.1, 0.15) is 65.5 Å². The zero-order valence-electron chi connectivity index (χ0n) is 28.9. The van der Waals surface area contributed by atoms with Crippen molar-refractivity contribution in [1.29, 1.82) is 0 Å². The van der Waals surface area contributed by atoms with Crippen molar-refractivity contribution in [2.75, 3.05) is 48.0 Å². The minimum absolute atomic E-state index is 0.115. The number of aryl methyl sites for hydroxylation is 2. The molecule has 2 amide bonds. The predicted molar refractivity (Wildman–Crippen MR) is 202 cm³/mol. The summed E-state index contributed by atoms with van der Waals surface area (Å²) in [5, 5.41) is 3.01. The van der Waals surface area contributed by atoms with Crippen LogP contribution in [0.5, 0.6) is 0 Å². The van der Waals surface area contributed by atoms with Crippen LogP contribution in [0.3, 0.4) is 0 Å². The number of amides is 2. The van der Waals surface area contributed by atoms with E-state index in [2.05, 4.69) is 41.2 Å². The number of thiophene rings is 1. The van der Waals surface area contributed by atoms with E-state index in [0.29, 0.717) is 42.0 Å². The number of nitrogens with one attached hydrogen (secondary N) is 1. The van der Waals surface area contributed by atoms with Crippen LogP contribution in [0.2, 0.25) is 0 Å². The van der Waals surface area contributed by atoms with Gasteiger partial charge in [-0.25, -0.2) is 4.98 Å². The molecule has 5 heterocycles. The van der Waals surface area contributed by atoms with Crippen molar-refractivity contribution >= 4 is 46.1 Å². The number of hydrogen-bond acceptors (Lipinski definition) is 7. The number of ether oxygens (including phenoxy) is 1. The maximum atomic E-state index is 14.0. The molecule has 2 aromatic heterocycles. The Morgan fingerprint density at radius 2 is 1.65 bits per heavy atom. The van der Waals surface area contributed by atoms with Gasteiger partial charge in [-0.1, -0.05) is 36.4 Å². The largest absolute Gasteiger partial charge is 0.381 e. The number of ketones is 1. The highest BCUT2D eigenvalue weighted by atomic mass is 32.1. The molecule has 0 aliphatic carbocycles. The van der Waals surface area contributed by atoms with Crippen LogP contribution in [-0.2, 0) is 17.6 Å². The second kappa shape index (κ2) is 13.5. The first-order chi connectivity index (χ1) is 24.8. The standard InChI is InChI=1S/C42H40N4O4S/c1-27-7-5-8-28(2)34(27)24-36(47)37-23-30-16-20-46(35-11-4-3-9-32(35)38(30)51-37)41(49)29-12-14-31(15-13-29)44-40(48)33-10-6-19-43-39(33)45-25-42(26-45)17-21-50-22-18-42/h3-15,19,23H,16-18,20-22,24-26H2,1-2H3,(H,44,48). The normalized spacial score (nSPS) is 16.1. The summed E-state index contributed by atoms with van der Waals surface area (Å²) in [4.78, 5) is 51.4. The average Bonchev–Trinajstić information content (AvgIpc) is 3.50. The number of anilines is 3. The fourth-order valence-electron chi connectivity index (χ4n) is 7.73. The molecule has 9 heteroatoms. The summed E-state index contributed by atoms with van der Waals surface area (Å²) in [5.74, 6) is 0.470. The SMILES string of the molecule is Cc1cccc(C)c1CC(=O)c1cc2c(s1)-c1ccccc1N(C(=O)c1ccc(NC(=O)c3cccnc3N3CC4(CCOCC4)C3)cc1)CC2. The molecule has 2 saturated heterocycles. The molecule has 8 nitrogen and oxygen atoms in total. The van der Waals surface area contributed by atoms with Gasteiger partial charge < -0.3 is 19.9 Å². The molecule has 0 unspecified atom stereocenters. The van der Waals surface area contributed by atoms with Gasteiger partial charge in [0, 0.05) is 72.6 Å². The number of hydrogen-bond donors (Lipinski definition) is 1. The van der Waals surface area contributed by atoms with Crippen molar-refractivity contribution < 1.29 is 19.1 Å². The van der Waals surface area contributed by atoms with E-state index in [0.717, 1.165) is 82.4 Å². The number of carbonyl (C=O) groups is 3. The van der Waals surface area contributed by atoms with E-state index < -0.39 is 0 Å². The first-order valence-electron chi connectivity index (χ1n) is 17.6. The number of fused-ring (bicyclic) bond motifs is 3. The van der Waals surface area contributed by atoms with E-state index in [4.69, 9.17) is 4.74 Å². The average molecular weight is 697 g/mol. The van der Waals surface area contributed by atoms with E-state index in [1.54, 1.807) is 36.5 Å². The third kappa shape index (κ3) is 6.36. The lowest BCUT2D eigenvalue weighted by atomic mass is 9.73. The summed E-state index contributed by atoms with van der Waals surface area (Å²) >= 11 is 1.52. The van der Waals surface area contributed by atoms with Crippen molar-refractivity contribution in [2.24, 2.45) is 5.41 Å². The van der Waals surface area contributed by atoms with E-state index in [9.17, 15) is 14.4 Å². The molecular formula is C42H40N4O4S. The molecule has 1 spiro atoms. The van der Waals surface area contributed by atoms with Crippen molar-refractivity contribution in [3.63, 3.8) is 0 Å². The van der Waals surface area contributed by atoms with Gasteiger partial charge in [0.2, 0.25) is 0 Å². The Labute approximate surface area is 302 Å². The molecule has 3 aromatic carbocycles. The van der Waals surface area contributed by atoms with Gasteiger partial charge in [-0.15, -0.1) is 11.3 Å². The van der Waals surface area contributed by atoms with Crippen LogP contribution in [0.15, 0.2) is 91.1 Å². The van der Waals surface area contributed by atoms with Gasteiger partial charge in [0.15, 0.2) is 5.78 Å². The maximum absolute atomic E-state index is 14.0. The van der Waals surface area contributed by atoms with Gasteiger partial charge in [0.25, 0.3) is 11.8 Å². The highest BCUT2D eigenvalue weighted by Gasteiger charge is 2.45. The van der Waals surface area contributed by atoms with Crippen molar-refractivity contribution in [2.45, 2.75) is 39.5 Å². The fourth-order valence-corrected chi connectivity index (χ4v) is 8.91. The van der Waals surface area contributed by atoms with Gasteiger partial charge in [0.05, 0.1) is 16.1 Å². The topological polar surface area (TPSA) is 91.8 Å². The summed E-state index contributed by atoms with van der Waals surface area (Å²) in [6.45, 7) is 7.93. The molecule has 0 bridgehead atoms. The number of carbonyl (C=O) groups excluding carboxylic acids is 3. The second-order valence-corrected chi connectivity index (χ2v) is 15.1. The van der Waals surface area contributed by atoms with Gasteiger partial charge >= 0.3 is 0 Å². The van der Waals surface area contributed by atoms with Crippen molar-refractivity contribution in [3.8, 4) is 10.4 Å². The molecular weight excluding hydrogens is 657 g/mol. The summed E-state index contributed by atoms with van der Waals surface area (Å²) in [5.41, 5.74) is 8.14. The molecule has 258 valence electrons.